The van der Waals surface area contributed by atoms with Crippen molar-refractivity contribution in [3.63, 3.8) is 0 Å². The first-order chi connectivity index (χ1) is 8.50. The highest BCUT2D eigenvalue weighted by Gasteiger charge is 2.18. The number of hydrogen-bond acceptors (Lipinski definition) is 5. The lowest BCUT2D eigenvalue weighted by molar-refractivity contribution is -0.147. The fraction of sp³-hybridized carbons (Fsp3) is 0.667. The maximum atomic E-state index is 11.6. The molecule has 0 saturated heterocycles. The standard InChI is InChI=1S/C12H21N3O3/c1-9(2)8-17-4-5-18-12(16)11(13)10-6-14-15(3)7-10/h6-7,9,11H,4-5,8,13H2,1-3H3. The lowest BCUT2D eigenvalue weighted by atomic mass is 10.2. The molecule has 1 atom stereocenters. The largest absolute Gasteiger partial charge is 0.462 e. The van der Waals surface area contributed by atoms with Crippen molar-refractivity contribution in [1.29, 1.82) is 0 Å². The van der Waals surface area contributed by atoms with E-state index >= 15 is 0 Å². The molecule has 6 nitrogen and oxygen atoms in total. The van der Waals surface area contributed by atoms with Crippen LogP contribution in [0.4, 0.5) is 0 Å². The number of rotatable bonds is 7. The van der Waals surface area contributed by atoms with Gasteiger partial charge in [-0.2, -0.15) is 5.10 Å². The van der Waals surface area contributed by atoms with E-state index in [0.717, 1.165) is 0 Å². The second-order valence-corrected chi connectivity index (χ2v) is 4.56. The molecule has 1 aromatic heterocycles. The number of ether oxygens (including phenoxy) is 2. The Morgan fingerprint density at radius 2 is 2.22 bits per heavy atom. The maximum Gasteiger partial charge on any atom is 0.327 e. The molecule has 0 amide bonds. The number of aromatic nitrogens is 2. The fourth-order valence-corrected chi connectivity index (χ4v) is 1.35. The summed E-state index contributed by atoms with van der Waals surface area (Å²) in [6.07, 6.45) is 3.25. The summed E-state index contributed by atoms with van der Waals surface area (Å²) in [4.78, 5) is 11.6. The van der Waals surface area contributed by atoms with Crippen LogP contribution in [-0.4, -0.2) is 35.6 Å². The van der Waals surface area contributed by atoms with E-state index in [9.17, 15) is 4.79 Å². The zero-order valence-corrected chi connectivity index (χ0v) is 11.1. The average molecular weight is 255 g/mol. The Labute approximate surface area is 107 Å². The predicted molar refractivity (Wildman–Crippen MR) is 66.8 cm³/mol. The van der Waals surface area contributed by atoms with Crippen LogP contribution in [0.25, 0.3) is 0 Å². The molecule has 0 aliphatic carbocycles. The number of nitrogens with two attached hydrogens (primary N) is 1. The smallest absolute Gasteiger partial charge is 0.327 e. The highest BCUT2D eigenvalue weighted by atomic mass is 16.6. The van der Waals surface area contributed by atoms with Gasteiger partial charge in [-0.1, -0.05) is 13.8 Å². The highest BCUT2D eigenvalue weighted by molar-refractivity contribution is 5.77. The second kappa shape index (κ2) is 7.13. The van der Waals surface area contributed by atoms with Gasteiger partial charge in [0.2, 0.25) is 0 Å². The maximum absolute atomic E-state index is 11.6. The van der Waals surface area contributed by atoms with Crippen LogP contribution >= 0.6 is 0 Å². The van der Waals surface area contributed by atoms with Crippen LogP contribution in [0, 0.1) is 5.92 Å². The summed E-state index contributed by atoms with van der Waals surface area (Å²) >= 11 is 0. The van der Waals surface area contributed by atoms with Gasteiger partial charge in [-0.15, -0.1) is 0 Å². The minimum Gasteiger partial charge on any atom is -0.462 e. The van der Waals surface area contributed by atoms with E-state index < -0.39 is 12.0 Å². The zero-order valence-electron chi connectivity index (χ0n) is 11.1. The topological polar surface area (TPSA) is 79.4 Å². The molecule has 0 aromatic carbocycles. The molecule has 0 bridgehead atoms. The third kappa shape index (κ3) is 4.85. The van der Waals surface area contributed by atoms with E-state index in [0.29, 0.717) is 24.7 Å². The first-order valence-corrected chi connectivity index (χ1v) is 5.99. The van der Waals surface area contributed by atoms with Gasteiger partial charge in [0.1, 0.15) is 12.6 Å². The molecular weight excluding hydrogens is 234 g/mol. The van der Waals surface area contributed by atoms with E-state index in [2.05, 4.69) is 18.9 Å². The number of nitrogens with zero attached hydrogens (tertiary/aromatic N) is 2. The van der Waals surface area contributed by atoms with E-state index in [1.807, 2.05) is 0 Å². The second-order valence-electron chi connectivity index (χ2n) is 4.56. The number of aryl methyl sites for hydroxylation is 1. The van der Waals surface area contributed by atoms with Gasteiger partial charge < -0.3 is 15.2 Å². The van der Waals surface area contributed by atoms with E-state index in [4.69, 9.17) is 15.2 Å². The lowest BCUT2D eigenvalue weighted by Crippen LogP contribution is -2.25. The number of carbonyl (C=O) groups excluding carboxylic acids is 1. The van der Waals surface area contributed by atoms with Crippen molar-refractivity contribution >= 4 is 5.97 Å². The fourth-order valence-electron chi connectivity index (χ4n) is 1.35. The van der Waals surface area contributed by atoms with Gasteiger partial charge in [0.05, 0.1) is 12.8 Å². The minimum absolute atomic E-state index is 0.222. The summed E-state index contributed by atoms with van der Waals surface area (Å²) < 4.78 is 11.9. The van der Waals surface area contributed by atoms with E-state index in [1.54, 1.807) is 24.1 Å². The van der Waals surface area contributed by atoms with Crippen LogP contribution < -0.4 is 5.73 Å². The molecule has 0 spiro atoms. The van der Waals surface area contributed by atoms with E-state index in [1.165, 1.54) is 0 Å². The van der Waals surface area contributed by atoms with Crippen molar-refractivity contribution < 1.29 is 14.3 Å². The first-order valence-electron chi connectivity index (χ1n) is 5.99. The molecule has 0 aliphatic rings. The van der Waals surface area contributed by atoms with Crippen molar-refractivity contribution in [2.45, 2.75) is 19.9 Å². The van der Waals surface area contributed by atoms with Crippen LogP contribution in [0.2, 0.25) is 0 Å². The first kappa shape index (κ1) is 14.7. The highest BCUT2D eigenvalue weighted by Crippen LogP contribution is 2.09. The molecule has 1 heterocycles. The monoisotopic (exact) mass is 255 g/mol. The van der Waals surface area contributed by atoms with Crippen molar-refractivity contribution in [2.75, 3.05) is 19.8 Å². The van der Waals surface area contributed by atoms with Gasteiger partial charge >= 0.3 is 5.97 Å². The Morgan fingerprint density at radius 1 is 1.50 bits per heavy atom. The van der Waals surface area contributed by atoms with Crippen molar-refractivity contribution in [3.8, 4) is 0 Å². The van der Waals surface area contributed by atoms with Crippen molar-refractivity contribution in [1.82, 2.24) is 9.78 Å². The number of esters is 1. The zero-order chi connectivity index (χ0) is 13.5. The van der Waals surface area contributed by atoms with Crippen LogP contribution in [0.15, 0.2) is 12.4 Å². The number of hydrogen-bond donors (Lipinski definition) is 1. The minimum atomic E-state index is -0.788. The average Bonchev–Trinajstić information content (AvgIpc) is 2.73. The van der Waals surface area contributed by atoms with Gasteiger partial charge in [0, 0.05) is 25.4 Å². The van der Waals surface area contributed by atoms with Crippen LogP contribution in [0.3, 0.4) is 0 Å². The Balaban J connectivity index is 2.24. The molecule has 0 aliphatic heterocycles. The molecule has 102 valence electrons. The van der Waals surface area contributed by atoms with Gasteiger partial charge in [0.15, 0.2) is 0 Å². The van der Waals surface area contributed by atoms with Crippen molar-refractivity contribution in [3.05, 3.63) is 18.0 Å². The van der Waals surface area contributed by atoms with Gasteiger partial charge in [0.25, 0.3) is 0 Å². The van der Waals surface area contributed by atoms with Crippen LogP contribution in [0.1, 0.15) is 25.5 Å². The normalized spacial score (nSPS) is 12.7. The lowest BCUT2D eigenvalue weighted by Gasteiger charge is -2.10. The molecule has 18 heavy (non-hydrogen) atoms. The van der Waals surface area contributed by atoms with Gasteiger partial charge in [-0.25, -0.2) is 4.79 Å². The molecule has 6 heteroatoms. The summed E-state index contributed by atoms with van der Waals surface area (Å²) in [6, 6.07) is -0.788. The Bertz CT molecular complexity index is 376. The van der Waals surface area contributed by atoms with Gasteiger partial charge in [-0.3, -0.25) is 4.68 Å². The third-order valence-corrected chi connectivity index (χ3v) is 2.26. The van der Waals surface area contributed by atoms with Gasteiger partial charge in [-0.05, 0) is 5.92 Å². The molecule has 1 unspecified atom stereocenters. The molecule has 0 radical (unpaired) electrons. The molecule has 1 rings (SSSR count). The number of carbonyl (C=O) groups is 1. The summed E-state index contributed by atoms with van der Waals surface area (Å²) in [5.41, 5.74) is 6.39. The Morgan fingerprint density at radius 3 is 2.78 bits per heavy atom. The summed E-state index contributed by atoms with van der Waals surface area (Å²) in [7, 11) is 1.77. The molecule has 0 saturated carbocycles. The van der Waals surface area contributed by atoms with Crippen LogP contribution in [0.5, 0.6) is 0 Å². The summed E-state index contributed by atoms with van der Waals surface area (Å²) in [6.45, 7) is 5.39. The Kier molecular flexibility index (Phi) is 5.80. The molecule has 0 fully saturated rings. The van der Waals surface area contributed by atoms with Crippen molar-refractivity contribution in [2.24, 2.45) is 18.7 Å². The quantitative estimate of drug-likeness (QED) is 0.571. The third-order valence-electron chi connectivity index (χ3n) is 2.26. The molecular formula is C12H21N3O3. The molecule has 2 N–H and O–H groups in total. The SMILES string of the molecule is CC(C)COCCOC(=O)C(N)c1cnn(C)c1. The van der Waals surface area contributed by atoms with Crippen LogP contribution in [-0.2, 0) is 21.3 Å². The summed E-state index contributed by atoms with van der Waals surface area (Å²) in [5, 5.41) is 3.95. The predicted octanol–water partition coefficient (Wildman–Crippen LogP) is 0.636. The molecule has 1 aromatic rings. The van der Waals surface area contributed by atoms with E-state index in [-0.39, 0.29) is 6.61 Å². The summed E-state index contributed by atoms with van der Waals surface area (Å²) in [5.74, 6) is 0.00879. The Hall–Kier alpha value is -1.40.